The van der Waals surface area contributed by atoms with Crippen LogP contribution in [0.1, 0.15) is 11.3 Å². The highest BCUT2D eigenvalue weighted by molar-refractivity contribution is 5.97. The lowest BCUT2D eigenvalue weighted by Crippen LogP contribution is -2.40. The third-order valence-electron chi connectivity index (χ3n) is 3.35. The number of rotatable bonds is 2. The summed E-state index contributed by atoms with van der Waals surface area (Å²) in [6.45, 7) is 1.67. The van der Waals surface area contributed by atoms with Gasteiger partial charge in [-0.3, -0.25) is 10.1 Å². The van der Waals surface area contributed by atoms with Gasteiger partial charge in [-0.15, -0.1) is 0 Å². The fourth-order valence-electron chi connectivity index (χ4n) is 2.41. The van der Waals surface area contributed by atoms with E-state index in [4.69, 9.17) is 0 Å². The van der Waals surface area contributed by atoms with Crippen molar-refractivity contribution in [3.05, 3.63) is 47.8 Å². The van der Waals surface area contributed by atoms with E-state index in [1.807, 2.05) is 13.1 Å². The minimum atomic E-state index is 0.700. The maximum atomic E-state index is 4.37. The van der Waals surface area contributed by atoms with Gasteiger partial charge in [0.1, 0.15) is 0 Å². The molecular formula is C14H17N5. The van der Waals surface area contributed by atoms with Crippen molar-refractivity contribution >= 4 is 11.6 Å². The number of aliphatic imine (C=N–C) groups is 1. The first-order chi connectivity index (χ1) is 9.38. The molecule has 0 saturated heterocycles. The summed E-state index contributed by atoms with van der Waals surface area (Å²) >= 11 is 0. The van der Waals surface area contributed by atoms with Crippen LogP contribution in [0, 0.1) is 0 Å². The van der Waals surface area contributed by atoms with Crippen LogP contribution in [0.25, 0.3) is 0 Å². The number of aromatic nitrogens is 2. The molecule has 2 aromatic rings. The largest absolute Gasteiger partial charge is 0.350 e. The van der Waals surface area contributed by atoms with E-state index >= 15 is 0 Å². The smallest absolute Gasteiger partial charge is 0.198 e. The van der Waals surface area contributed by atoms with Gasteiger partial charge < -0.3 is 10.2 Å². The van der Waals surface area contributed by atoms with Gasteiger partial charge in [-0.05, 0) is 24.1 Å². The van der Waals surface area contributed by atoms with E-state index < -0.39 is 0 Å². The normalized spacial score (nSPS) is 14.6. The average Bonchev–Trinajstić information content (AvgIpc) is 3.09. The zero-order chi connectivity index (χ0) is 13.1. The van der Waals surface area contributed by atoms with Crippen LogP contribution >= 0.6 is 0 Å². The number of hydrogen-bond acceptors (Lipinski definition) is 2. The summed E-state index contributed by atoms with van der Waals surface area (Å²) in [5.41, 5.74) is 3.68. The third kappa shape index (κ3) is 2.31. The number of aromatic amines is 1. The Labute approximate surface area is 112 Å². The lowest BCUT2D eigenvalue weighted by atomic mass is 10.2. The van der Waals surface area contributed by atoms with Gasteiger partial charge in [0, 0.05) is 25.5 Å². The van der Waals surface area contributed by atoms with E-state index in [2.05, 4.69) is 49.7 Å². The quantitative estimate of drug-likeness (QED) is 0.632. The second-order valence-electron chi connectivity index (χ2n) is 4.51. The average molecular weight is 255 g/mol. The summed E-state index contributed by atoms with van der Waals surface area (Å²) in [5.74, 6) is 0.902. The predicted molar refractivity (Wildman–Crippen MR) is 76.3 cm³/mol. The molecule has 0 spiro atoms. The van der Waals surface area contributed by atoms with Crippen LogP contribution in [-0.4, -0.2) is 29.7 Å². The van der Waals surface area contributed by atoms with Crippen molar-refractivity contribution in [1.29, 1.82) is 0 Å². The number of hydrogen-bond donors (Lipinski definition) is 2. The second kappa shape index (κ2) is 5.14. The highest BCUT2D eigenvalue weighted by Gasteiger charge is 2.22. The zero-order valence-electron chi connectivity index (χ0n) is 10.9. The molecular weight excluding hydrogens is 238 g/mol. The molecule has 0 unspecified atom stereocenters. The van der Waals surface area contributed by atoms with Gasteiger partial charge >= 0.3 is 0 Å². The van der Waals surface area contributed by atoms with E-state index in [-0.39, 0.29) is 0 Å². The SMILES string of the molecule is CN=C(NCc1ccn[nH]1)N1CCc2ccccc21. The number of H-pyrrole nitrogens is 1. The first-order valence-electron chi connectivity index (χ1n) is 6.43. The molecule has 0 aliphatic carbocycles. The number of benzene rings is 1. The molecule has 5 heteroatoms. The molecule has 0 bridgehead atoms. The summed E-state index contributed by atoms with van der Waals surface area (Å²) < 4.78 is 0. The molecule has 0 amide bonds. The molecule has 5 nitrogen and oxygen atoms in total. The predicted octanol–water partition coefficient (Wildman–Crippen LogP) is 1.55. The molecule has 1 aromatic carbocycles. The van der Waals surface area contributed by atoms with Gasteiger partial charge in [-0.25, -0.2) is 0 Å². The minimum absolute atomic E-state index is 0.700. The maximum Gasteiger partial charge on any atom is 0.198 e. The Kier molecular flexibility index (Phi) is 3.18. The number of nitrogens with zero attached hydrogens (tertiary/aromatic N) is 3. The molecule has 1 aliphatic heterocycles. The summed E-state index contributed by atoms with van der Waals surface area (Å²) in [6.07, 6.45) is 2.83. The van der Waals surface area contributed by atoms with Crippen LogP contribution in [0.3, 0.4) is 0 Å². The standard InChI is InChI=1S/C14H17N5/c1-15-14(16-10-12-6-8-17-18-12)19-9-7-11-4-2-3-5-13(11)19/h2-6,8H,7,9-10H2,1H3,(H,15,16)(H,17,18). The van der Waals surface area contributed by atoms with Crippen molar-refractivity contribution in [3.63, 3.8) is 0 Å². The molecule has 0 saturated carbocycles. The van der Waals surface area contributed by atoms with E-state index in [1.165, 1.54) is 11.3 Å². The summed E-state index contributed by atoms with van der Waals surface area (Å²) in [5, 5.41) is 10.2. The van der Waals surface area contributed by atoms with E-state index in [0.29, 0.717) is 6.54 Å². The summed E-state index contributed by atoms with van der Waals surface area (Å²) in [7, 11) is 1.82. The van der Waals surface area contributed by atoms with Crippen molar-refractivity contribution in [2.45, 2.75) is 13.0 Å². The number of fused-ring (bicyclic) bond motifs is 1. The van der Waals surface area contributed by atoms with Crippen molar-refractivity contribution in [1.82, 2.24) is 15.5 Å². The van der Waals surface area contributed by atoms with Crippen LogP contribution in [0.5, 0.6) is 0 Å². The van der Waals surface area contributed by atoms with E-state index in [1.54, 1.807) is 6.20 Å². The van der Waals surface area contributed by atoms with Crippen LogP contribution in [-0.2, 0) is 13.0 Å². The Hall–Kier alpha value is -2.30. The van der Waals surface area contributed by atoms with Gasteiger partial charge in [0.05, 0.1) is 12.2 Å². The molecule has 1 aromatic heterocycles. The van der Waals surface area contributed by atoms with E-state index in [9.17, 15) is 0 Å². The van der Waals surface area contributed by atoms with Crippen LogP contribution in [0.15, 0.2) is 41.5 Å². The first-order valence-corrected chi connectivity index (χ1v) is 6.43. The Bertz CT molecular complexity index is 573. The minimum Gasteiger partial charge on any atom is -0.350 e. The Morgan fingerprint density at radius 1 is 1.42 bits per heavy atom. The van der Waals surface area contributed by atoms with Crippen LogP contribution < -0.4 is 10.2 Å². The summed E-state index contributed by atoms with van der Waals surface area (Å²) in [4.78, 5) is 6.59. The third-order valence-corrected chi connectivity index (χ3v) is 3.35. The molecule has 3 rings (SSSR count). The molecule has 2 heterocycles. The van der Waals surface area contributed by atoms with Crippen molar-refractivity contribution in [2.24, 2.45) is 4.99 Å². The van der Waals surface area contributed by atoms with Gasteiger partial charge in [0.2, 0.25) is 0 Å². The lowest BCUT2D eigenvalue weighted by molar-refractivity contribution is 0.830. The van der Waals surface area contributed by atoms with Crippen LogP contribution in [0.4, 0.5) is 5.69 Å². The molecule has 0 radical (unpaired) electrons. The van der Waals surface area contributed by atoms with Crippen molar-refractivity contribution in [3.8, 4) is 0 Å². The fraction of sp³-hybridized carbons (Fsp3) is 0.286. The van der Waals surface area contributed by atoms with E-state index in [0.717, 1.165) is 24.6 Å². The zero-order valence-corrected chi connectivity index (χ0v) is 10.9. The summed E-state index contributed by atoms with van der Waals surface area (Å²) in [6, 6.07) is 10.4. The molecule has 0 atom stereocenters. The Morgan fingerprint density at radius 2 is 2.32 bits per heavy atom. The molecule has 2 N–H and O–H groups in total. The Balaban J connectivity index is 1.74. The van der Waals surface area contributed by atoms with Gasteiger partial charge in [-0.2, -0.15) is 5.10 Å². The number of anilines is 1. The van der Waals surface area contributed by atoms with Gasteiger partial charge in [0.15, 0.2) is 5.96 Å². The number of para-hydroxylation sites is 1. The molecule has 1 aliphatic rings. The maximum absolute atomic E-state index is 4.37. The highest BCUT2D eigenvalue weighted by Crippen LogP contribution is 2.27. The topological polar surface area (TPSA) is 56.3 Å². The Morgan fingerprint density at radius 3 is 3.11 bits per heavy atom. The van der Waals surface area contributed by atoms with Crippen molar-refractivity contribution < 1.29 is 0 Å². The monoisotopic (exact) mass is 255 g/mol. The highest BCUT2D eigenvalue weighted by atomic mass is 15.3. The van der Waals surface area contributed by atoms with Gasteiger partial charge in [0.25, 0.3) is 0 Å². The van der Waals surface area contributed by atoms with Crippen molar-refractivity contribution in [2.75, 3.05) is 18.5 Å². The molecule has 0 fully saturated rings. The van der Waals surface area contributed by atoms with Gasteiger partial charge in [-0.1, -0.05) is 18.2 Å². The molecule has 19 heavy (non-hydrogen) atoms. The number of nitrogens with one attached hydrogen (secondary N) is 2. The second-order valence-corrected chi connectivity index (χ2v) is 4.51. The number of guanidine groups is 1. The molecule has 98 valence electrons. The lowest BCUT2D eigenvalue weighted by Gasteiger charge is -2.22. The fourth-order valence-corrected chi connectivity index (χ4v) is 2.41. The van der Waals surface area contributed by atoms with Crippen LogP contribution in [0.2, 0.25) is 0 Å². The first kappa shape index (κ1) is 11.8.